The lowest BCUT2D eigenvalue weighted by molar-refractivity contribution is -0.384. The van der Waals surface area contributed by atoms with Gasteiger partial charge >= 0.3 is 0 Å². The number of carbonyl (C=O) groups excluding carboxylic acids is 1. The van der Waals surface area contributed by atoms with Gasteiger partial charge in [0.05, 0.1) is 16.4 Å². The first-order chi connectivity index (χ1) is 12.5. The van der Waals surface area contributed by atoms with Gasteiger partial charge < -0.3 is 5.32 Å². The Balaban J connectivity index is 1.65. The van der Waals surface area contributed by atoms with E-state index < -0.39 is 4.92 Å². The van der Waals surface area contributed by atoms with Gasteiger partial charge in [0.2, 0.25) is 5.91 Å². The van der Waals surface area contributed by atoms with Crippen LogP contribution in [0.4, 0.5) is 5.69 Å². The number of nitro groups is 1. The molecule has 1 heterocycles. The second kappa shape index (κ2) is 7.92. The second-order valence-corrected chi connectivity index (χ2v) is 6.92. The molecule has 7 nitrogen and oxygen atoms in total. The maximum Gasteiger partial charge on any atom is 0.270 e. The highest BCUT2D eigenvalue weighted by Gasteiger charge is 2.30. The van der Waals surface area contributed by atoms with Gasteiger partial charge in [-0.3, -0.25) is 14.9 Å². The summed E-state index contributed by atoms with van der Waals surface area (Å²) in [4.78, 5) is 22.4. The quantitative estimate of drug-likeness (QED) is 0.498. The van der Waals surface area contributed by atoms with E-state index in [0.717, 1.165) is 11.1 Å². The molecule has 0 aliphatic carbocycles. The topological polar surface area (TPSA) is 97.0 Å². The summed E-state index contributed by atoms with van der Waals surface area (Å²) in [5.74, 6) is -0.0949. The van der Waals surface area contributed by atoms with Crippen LogP contribution < -0.4 is 5.32 Å². The summed E-state index contributed by atoms with van der Waals surface area (Å²) < 4.78 is 0. The summed E-state index contributed by atoms with van der Waals surface area (Å²) in [5, 5.41) is 21.6. The molecule has 0 bridgehead atoms. The van der Waals surface area contributed by atoms with Crippen LogP contribution in [0.2, 0.25) is 0 Å². The van der Waals surface area contributed by atoms with Crippen molar-refractivity contribution in [3.8, 4) is 0 Å². The zero-order valence-corrected chi connectivity index (χ0v) is 14.8. The monoisotopic (exact) mass is 368 g/mol. The summed E-state index contributed by atoms with van der Waals surface area (Å²) in [6, 6.07) is 14.0. The van der Waals surface area contributed by atoms with Gasteiger partial charge in [0.1, 0.15) is 0 Å². The van der Waals surface area contributed by atoms with E-state index >= 15 is 0 Å². The number of amides is 1. The molecule has 3 rings (SSSR count). The lowest BCUT2D eigenvalue weighted by atomic mass is 10.0. The molecule has 132 valence electrons. The van der Waals surface area contributed by atoms with Crippen LogP contribution in [0.25, 0.3) is 0 Å². The highest BCUT2D eigenvalue weighted by Crippen LogP contribution is 2.24. The number of aryl methyl sites for hydroxylation is 1. The predicted octanol–water partition coefficient (Wildman–Crippen LogP) is 3.07. The Labute approximate surface area is 154 Å². The third-order valence-corrected chi connectivity index (χ3v) is 4.95. The van der Waals surface area contributed by atoms with Crippen LogP contribution in [0.15, 0.2) is 58.7 Å². The third kappa shape index (κ3) is 4.34. The fourth-order valence-corrected chi connectivity index (χ4v) is 3.44. The minimum atomic E-state index is -0.466. The molecule has 1 saturated heterocycles. The summed E-state index contributed by atoms with van der Waals surface area (Å²) in [6.45, 7) is 2.02. The molecule has 8 heteroatoms. The molecule has 0 spiro atoms. The normalized spacial score (nSPS) is 18.4. The molecule has 1 amide bonds. The van der Waals surface area contributed by atoms with Crippen molar-refractivity contribution in [2.75, 3.05) is 0 Å². The van der Waals surface area contributed by atoms with E-state index in [2.05, 4.69) is 15.5 Å². The number of nitrogens with one attached hydrogen (secondary N) is 1. The number of thioether (sulfide) groups is 1. The fraction of sp³-hybridized carbons (Fsp3) is 0.167. The van der Waals surface area contributed by atoms with Crippen molar-refractivity contribution in [3.05, 3.63) is 75.3 Å². The predicted molar refractivity (Wildman–Crippen MR) is 103 cm³/mol. The lowest BCUT2D eigenvalue weighted by Gasteiger charge is -2.07. The Morgan fingerprint density at radius 2 is 2.08 bits per heavy atom. The standard InChI is InChI=1S/C18H16N4O3S/c1-12-5-2-3-7-14(12)10-16-17(23)20-18(26-16)21-19-11-13-6-4-8-15(9-13)22(24)25/h2-9,11,16H,10H2,1H3,(H,20,21,23)/b19-11-. The average molecular weight is 368 g/mol. The maximum absolute atomic E-state index is 12.1. The number of hydrogen-bond acceptors (Lipinski definition) is 6. The molecule has 0 saturated carbocycles. The summed E-state index contributed by atoms with van der Waals surface area (Å²) in [7, 11) is 0. The van der Waals surface area contributed by atoms with Crippen molar-refractivity contribution in [3.63, 3.8) is 0 Å². The Bertz CT molecular complexity index is 911. The smallest absolute Gasteiger partial charge is 0.270 e. The van der Waals surface area contributed by atoms with Gasteiger partial charge in [0.25, 0.3) is 5.69 Å². The Hall–Kier alpha value is -3.00. The van der Waals surface area contributed by atoms with Gasteiger partial charge in [-0.1, -0.05) is 48.2 Å². The van der Waals surface area contributed by atoms with Gasteiger partial charge in [-0.15, -0.1) is 5.10 Å². The van der Waals surface area contributed by atoms with Crippen LogP contribution in [0.5, 0.6) is 0 Å². The minimum absolute atomic E-state index is 0.0107. The van der Waals surface area contributed by atoms with E-state index in [4.69, 9.17) is 0 Å². The lowest BCUT2D eigenvalue weighted by Crippen LogP contribution is -2.26. The molecule has 0 radical (unpaired) electrons. The van der Waals surface area contributed by atoms with E-state index in [1.807, 2.05) is 31.2 Å². The first kappa shape index (κ1) is 17.8. The van der Waals surface area contributed by atoms with E-state index in [1.54, 1.807) is 12.1 Å². The van der Waals surface area contributed by atoms with Crippen molar-refractivity contribution < 1.29 is 9.72 Å². The molecule has 26 heavy (non-hydrogen) atoms. The number of nitro benzene ring substituents is 1. The first-order valence-electron chi connectivity index (χ1n) is 7.90. The van der Waals surface area contributed by atoms with Crippen molar-refractivity contribution in [1.29, 1.82) is 0 Å². The van der Waals surface area contributed by atoms with Gasteiger partial charge in [0, 0.05) is 17.7 Å². The molecule has 1 aliphatic heterocycles. The van der Waals surface area contributed by atoms with Crippen LogP contribution >= 0.6 is 11.8 Å². The van der Waals surface area contributed by atoms with Crippen LogP contribution in [-0.2, 0) is 11.2 Å². The van der Waals surface area contributed by atoms with Crippen molar-refractivity contribution in [2.24, 2.45) is 10.2 Å². The molecule has 0 aromatic heterocycles. The van der Waals surface area contributed by atoms with Crippen LogP contribution in [0, 0.1) is 17.0 Å². The number of carbonyl (C=O) groups is 1. The van der Waals surface area contributed by atoms with Gasteiger partial charge in [-0.05, 0) is 24.5 Å². The number of non-ortho nitro benzene ring substituents is 1. The number of nitrogens with zero attached hydrogens (tertiary/aromatic N) is 3. The minimum Gasteiger partial charge on any atom is -0.303 e. The molecular formula is C18H16N4O3S. The van der Waals surface area contributed by atoms with Crippen molar-refractivity contribution in [1.82, 2.24) is 5.32 Å². The first-order valence-corrected chi connectivity index (χ1v) is 8.78. The van der Waals surface area contributed by atoms with Crippen LogP contribution in [-0.4, -0.2) is 27.5 Å². The molecule has 1 fully saturated rings. The molecule has 1 unspecified atom stereocenters. The highest BCUT2D eigenvalue weighted by atomic mass is 32.2. The Kier molecular flexibility index (Phi) is 5.43. The third-order valence-electron chi connectivity index (χ3n) is 3.88. The average Bonchev–Trinajstić information content (AvgIpc) is 2.97. The zero-order chi connectivity index (χ0) is 18.5. The van der Waals surface area contributed by atoms with Gasteiger partial charge in [-0.25, -0.2) is 0 Å². The van der Waals surface area contributed by atoms with Crippen molar-refractivity contribution >= 4 is 34.7 Å². The number of amidine groups is 1. The number of rotatable bonds is 5. The van der Waals surface area contributed by atoms with Crippen LogP contribution in [0.1, 0.15) is 16.7 Å². The van der Waals surface area contributed by atoms with Gasteiger partial charge in [0.15, 0.2) is 5.17 Å². The van der Waals surface area contributed by atoms with E-state index in [-0.39, 0.29) is 16.8 Å². The SMILES string of the molecule is Cc1ccccc1CC1S/C(=N/N=C\c2cccc([N+](=O)[O-])c2)NC1=O. The number of hydrogen-bond donors (Lipinski definition) is 1. The van der Waals surface area contributed by atoms with Crippen LogP contribution in [0.3, 0.4) is 0 Å². The Morgan fingerprint density at radius 3 is 2.85 bits per heavy atom. The van der Waals surface area contributed by atoms with E-state index in [1.165, 1.54) is 30.1 Å². The second-order valence-electron chi connectivity index (χ2n) is 5.73. The molecule has 1 atom stereocenters. The molecule has 2 aromatic rings. The highest BCUT2D eigenvalue weighted by molar-refractivity contribution is 8.15. The number of benzene rings is 2. The Morgan fingerprint density at radius 1 is 1.27 bits per heavy atom. The summed E-state index contributed by atoms with van der Waals surface area (Å²) in [6.07, 6.45) is 2.04. The summed E-state index contributed by atoms with van der Waals surface area (Å²) >= 11 is 1.33. The molecule has 1 aliphatic rings. The molecule has 2 aromatic carbocycles. The van der Waals surface area contributed by atoms with E-state index in [9.17, 15) is 14.9 Å². The molecular weight excluding hydrogens is 352 g/mol. The van der Waals surface area contributed by atoms with Gasteiger partial charge in [-0.2, -0.15) is 5.10 Å². The largest absolute Gasteiger partial charge is 0.303 e. The van der Waals surface area contributed by atoms with Crippen molar-refractivity contribution in [2.45, 2.75) is 18.6 Å². The van der Waals surface area contributed by atoms with E-state index in [0.29, 0.717) is 17.2 Å². The maximum atomic E-state index is 12.1. The summed E-state index contributed by atoms with van der Waals surface area (Å²) in [5.41, 5.74) is 2.83. The molecule has 1 N–H and O–H groups in total. The zero-order valence-electron chi connectivity index (χ0n) is 14.0. The fourth-order valence-electron chi connectivity index (χ4n) is 2.49.